The molecule has 192 valence electrons. The van der Waals surface area contributed by atoms with Crippen LogP contribution in [-0.2, 0) is 22.6 Å². The minimum absolute atomic E-state index is 0.109. The molecule has 1 saturated heterocycles. The van der Waals surface area contributed by atoms with Gasteiger partial charge in [-0.15, -0.1) is 0 Å². The van der Waals surface area contributed by atoms with E-state index in [0.29, 0.717) is 48.3 Å². The number of nitrogens with one attached hydrogen (secondary N) is 1. The van der Waals surface area contributed by atoms with Gasteiger partial charge in [0.2, 0.25) is 0 Å². The molecule has 0 unspecified atom stereocenters. The Bertz CT molecular complexity index is 1660. The molecule has 0 atom stereocenters. The molecule has 9 nitrogen and oxygen atoms in total. The van der Waals surface area contributed by atoms with Crippen molar-refractivity contribution < 1.29 is 18.8 Å². The summed E-state index contributed by atoms with van der Waals surface area (Å²) in [4.78, 5) is 47.8. The number of amides is 4. The Morgan fingerprint density at radius 3 is 2.50 bits per heavy atom. The zero-order valence-electron chi connectivity index (χ0n) is 20.9. The number of likely N-dealkylation sites (tertiary alicyclic amines) is 1. The van der Waals surface area contributed by atoms with Crippen molar-refractivity contribution >= 4 is 50.9 Å². The number of benzene rings is 1. The van der Waals surface area contributed by atoms with Gasteiger partial charge in [-0.1, -0.05) is 18.2 Å². The lowest BCUT2D eigenvalue weighted by molar-refractivity contribution is -0.122. The van der Waals surface area contributed by atoms with Gasteiger partial charge in [0.05, 0.1) is 22.9 Å². The molecule has 0 spiro atoms. The van der Waals surface area contributed by atoms with Crippen LogP contribution in [0.25, 0.3) is 33.0 Å². The Labute approximate surface area is 218 Å². The largest absolute Gasteiger partial charge is 0.464 e. The molecular formula is C29H27N5O4. The van der Waals surface area contributed by atoms with E-state index in [-0.39, 0.29) is 11.6 Å². The Balaban J connectivity index is 1.33. The number of urea groups is 1. The highest BCUT2D eigenvalue weighted by Gasteiger charge is 2.36. The Kier molecular flexibility index (Phi) is 5.31. The first-order chi connectivity index (χ1) is 18.6. The number of nitrogens with zero attached hydrogens (tertiary/aromatic N) is 4. The van der Waals surface area contributed by atoms with Gasteiger partial charge in [-0.3, -0.25) is 19.9 Å². The maximum atomic E-state index is 13.3. The van der Waals surface area contributed by atoms with Gasteiger partial charge in [0.25, 0.3) is 11.8 Å². The number of piperidine rings is 1. The van der Waals surface area contributed by atoms with Crippen LogP contribution in [0.3, 0.4) is 0 Å². The number of carbonyl (C=O) groups is 3. The van der Waals surface area contributed by atoms with E-state index >= 15 is 0 Å². The maximum absolute atomic E-state index is 13.3. The maximum Gasteiger partial charge on any atom is 0.320 e. The molecule has 0 bridgehead atoms. The molecule has 6 heterocycles. The van der Waals surface area contributed by atoms with Gasteiger partial charge < -0.3 is 18.8 Å². The molecule has 7 rings (SSSR count). The lowest BCUT2D eigenvalue weighted by Gasteiger charge is -2.34. The van der Waals surface area contributed by atoms with Crippen LogP contribution in [0.15, 0.2) is 53.5 Å². The quantitative estimate of drug-likeness (QED) is 0.414. The fourth-order valence-corrected chi connectivity index (χ4v) is 6.12. The highest BCUT2D eigenvalue weighted by molar-refractivity contribution is 6.50. The van der Waals surface area contributed by atoms with Crippen LogP contribution in [0.1, 0.15) is 36.0 Å². The first-order valence-electron chi connectivity index (χ1n) is 13.2. The zero-order chi connectivity index (χ0) is 25.8. The van der Waals surface area contributed by atoms with E-state index in [1.165, 1.54) is 6.42 Å². The minimum Gasteiger partial charge on any atom is -0.464 e. The number of hydrogen-bond donors (Lipinski definition) is 1. The SMILES string of the molecule is O=C1NC(=O)C(c2cncc3ccoc23)=C1c1cn2c3c(cccc13)CCN(C(=O)N1CCCCC1)CC2. The highest BCUT2D eigenvalue weighted by Crippen LogP contribution is 2.39. The van der Waals surface area contributed by atoms with Crippen molar-refractivity contribution in [2.45, 2.75) is 32.2 Å². The van der Waals surface area contributed by atoms with Crippen molar-refractivity contribution in [1.29, 1.82) is 0 Å². The van der Waals surface area contributed by atoms with Crippen molar-refractivity contribution in [2.75, 3.05) is 26.2 Å². The average Bonchev–Trinajstić information content (AvgIpc) is 3.63. The molecule has 38 heavy (non-hydrogen) atoms. The summed E-state index contributed by atoms with van der Waals surface area (Å²) in [6, 6.07) is 7.95. The molecule has 4 aromatic rings. The topological polar surface area (TPSA) is 101 Å². The fourth-order valence-electron chi connectivity index (χ4n) is 6.12. The molecule has 3 aliphatic heterocycles. The molecular weight excluding hydrogens is 482 g/mol. The van der Waals surface area contributed by atoms with Gasteiger partial charge in [0, 0.05) is 73.2 Å². The summed E-state index contributed by atoms with van der Waals surface area (Å²) in [5.41, 5.74) is 4.45. The summed E-state index contributed by atoms with van der Waals surface area (Å²) in [5.74, 6) is -0.898. The molecule has 9 heteroatoms. The molecule has 3 aromatic heterocycles. The number of aromatic nitrogens is 2. The molecule has 1 fully saturated rings. The van der Waals surface area contributed by atoms with E-state index in [1.807, 2.05) is 28.1 Å². The first kappa shape index (κ1) is 22.8. The van der Waals surface area contributed by atoms with Gasteiger partial charge >= 0.3 is 6.03 Å². The molecule has 0 aliphatic carbocycles. The third-order valence-electron chi connectivity index (χ3n) is 7.97. The van der Waals surface area contributed by atoms with E-state index in [2.05, 4.69) is 20.9 Å². The second kappa shape index (κ2) is 8.86. The van der Waals surface area contributed by atoms with Crippen molar-refractivity contribution in [3.63, 3.8) is 0 Å². The number of hydrogen-bond acceptors (Lipinski definition) is 5. The summed E-state index contributed by atoms with van der Waals surface area (Å²) in [7, 11) is 0. The fraction of sp³-hybridized carbons (Fsp3) is 0.310. The number of rotatable bonds is 2. The van der Waals surface area contributed by atoms with Crippen LogP contribution in [0.5, 0.6) is 0 Å². The third-order valence-corrected chi connectivity index (χ3v) is 7.97. The standard InChI is InChI=1S/C29H27N5O4/c35-27-23(21-16-30-15-19-8-14-38-26(19)21)24(28(36)31-27)22-17-34-13-12-33(29(37)32-9-2-1-3-10-32)11-7-18-5-4-6-20(22)25(18)34/h4-6,8,14-17H,1-3,7,9-13H2,(H,31,35,36). The second-order valence-corrected chi connectivity index (χ2v) is 10.2. The normalized spacial score (nSPS) is 18.3. The number of fused-ring (bicyclic) bond motifs is 1. The number of furan rings is 1. The molecule has 0 radical (unpaired) electrons. The summed E-state index contributed by atoms with van der Waals surface area (Å²) < 4.78 is 7.80. The van der Waals surface area contributed by atoms with Gasteiger partial charge in [-0.25, -0.2) is 4.79 Å². The van der Waals surface area contributed by atoms with Crippen LogP contribution in [-0.4, -0.2) is 63.4 Å². The van der Waals surface area contributed by atoms with E-state index in [4.69, 9.17) is 4.42 Å². The average molecular weight is 510 g/mol. The van der Waals surface area contributed by atoms with Crippen LogP contribution >= 0.6 is 0 Å². The Hall–Kier alpha value is -4.40. The van der Waals surface area contributed by atoms with Gasteiger partial charge in [0.15, 0.2) is 0 Å². The van der Waals surface area contributed by atoms with Crippen molar-refractivity contribution in [1.82, 2.24) is 24.7 Å². The first-order valence-corrected chi connectivity index (χ1v) is 13.2. The van der Waals surface area contributed by atoms with Crippen LogP contribution in [0.2, 0.25) is 0 Å². The van der Waals surface area contributed by atoms with Gasteiger partial charge in [-0.2, -0.15) is 0 Å². The van der Waals surface area contributed by atoms with Crippen LogP contribution < -0.4 is 5.32 Å². The Morgan fingerprint density at radius 2 is 1.66 bits per heavy atom. The number of para-hydroxylation sites is 1. The van der Waals surface area contributed by atoms with Crippen LogP contribution in [0, 0.1) is 0 Å². The van der Waals surface area contributed by atoms with Gasteiger partial charge in [-0.05, 0) is 37.3 Å². The summed E-state index contributed by atoms with van der Waals surface area (Å²) in [5, 5.41) is 4.16. The second-order valence-electron chi connectivity index (χ2n) is 10.2. The summed E-state index contributed by atoms with van der Waals surface area (Å²) in [6.45, 7) is 3.47. The highest BCUT2D eigenvalue weighted by atomic mass is 16.3. The lowest BCUT2D eigenvalue weighted by Crippen LogP contribution is -2.47. The molecule has 1 aromatic carbocycles. The van der Waals surface area contributed by atoms with E-state index in [1.54, 1.807) is 24.7 Å². The molecule has 1 N–H and O–H groups in total. The van der Waals surface area contributed by atoms with Crippen molar-refractivity contribution in [2.24, 2.45) is 0 Å². The number of pyridine rings is 1. The lowest BCUT2D eigenvalue weighted by atomic mass is 9.95. The number of carbonyl (C=O) groups excluding carboxylic acids is 3. The molecule has 3 aliphatic rings. The summed E-state index contributed by atoms with van der Waals surface area (Å²) >= 11 is 0. The third kappa shape index (κ3) is 3.53. The van der Waals surface area contributed by atoms with Gasteiger partial charge in [0.1, 0.15) is 5.58 Å². The van der Waals surface area contributed by atoms with Crippen molar-refractivity contribution in [3.8, 4) is 0 Å². The monoisotopic (exact) mass is 509 g/mol. The zero-order valence-corrected chi connectivity index (χ0v) is 20.9. The van der Waals surface area contributed by atoms with E-state index in [0.717, 1.165) is 47.8 Å². The molecule has 0 saturated carbocycles. The van der Waals surface area contributed by atoms with Crippen molar-refractivity contribution in [3.05, 3.63) is 65.8 Å². The molecule has 4 amide bonds. The minimum atomic E-state index is -0.463. The smallest absolute Gasteiger partial charge is 0.320 e. The predicted octanol–water partition coefficient (Wildman–Crippen LogP) is 3.81. The summed E-state index contributed by atoms with van der Waals surface area (Å²) in [6.07, 6.45) is 10.8. The predicted molar refractivity (Wildman–Crippen MR) is 142 cm³/mol. The Morgan fingerprint density at radius 1 is 0.868 bits per heavy atom. The van der Waals surface area contributed by atoms with E-state index in [9.17, 15) is 14.4 Å². The van der Waals surface area contributed by atoms with E-state index < -0.39 is 11.8 Å². The number of imide groups is 1. The van der Waals surface area contributed by atoms with Crippen LogP contribution in [0.4, 0.5) is 4.79 Å².